The second-order valence-electron chi connectivity index (χ2n) is 10.0. The molecule has 5 aromatic rings. The van der Waals surface area contributed by atoms with Crippen LogP contribution in [0.15, 0.2) is 49.2 Å². The Bertz CT molecular complexity index is 1840. The minimum absolute atomic E-state index is 0.118. The molecule has 1 saturated heterocycles. The first-order valence-electron chi connectivity index (χ1n) is 12.5. The van der Waals surface area contributed by atoms with Crippen molar-refractivity contribution in [2.24, 2.45) is 0 Å². The Morgan fingerprint density at radius 1 is 1.18 bits per heavy atom. The van der Waals surface area contributed by atoms with Gasteiger partial charge in [0.1, 0.15) is 23.0 Å². The Hall–Kier alpha value is -4.52. The molecule has 0 bridgehead atoms. The third kappa shape index (κ3) is 3.57. The molecule has 4 heterocycles. The number of fused-ring (bicyclic) bond motifs is 6. The second kappa shape index (κ2) is 8.74. The smallest absolute Gasteiger partial charge is 0.333 e. The number of nitrogens with two attached hydrogens (primary N) is 1. The van der Waals surface area contributed by atoms with E-state index in [2.05, 4.69) is 15.1 Å². The molecule has 0 unspecified atom stereocenters. The average Bonchev–Trinajstić information content (AvgIpc) is 3.67. The van der Waals surface area contributed by atoms with Crippen LogP contribution in [0, 0.1) is 11.6 Å². The second-order valence-corrected chi connectivity index (χ2v) is 10.0. The van der Waals surface area contributed by atoms with Crippen molar-refractivity contribution in [3.63, 3.8) is 0 Å². The summed E-state index contributed by atoms with van der Waals surface area (Å²) < 4.78 is 65.4. The zero-order valence-electron chi connectivity index (χ0n) is 20.9. The lowest BCUT2D eigenvalue weighted by atomic mass is 9.98. The summed E-state index contributed by atoms with van der Waals surface area (Å²) in [7, 11) is 0. The average molecular weight is 552 g/mol. The van der Waals surface area contributed by atoms with E-state index in [-0.39, 0.29) is 41.0 Å². The van der Waals surface area contributed by atoms with E-state index in [0.29, 0.717) is 26.8 Å². The largest absolute Gasteiger partial charge is 0.382 e. The van der Waals surface area contributed by atoms with Crippen LogP contribution in [0.25, 0.3) is 27.7 Å². The van der Waals surface area contributed by atoms with Crippen molar-refractivity contribution in [2.75, 3.05) is 12.3 Å². The summed E-state index contributed by atoms with van der Waals surface area (Å²) >= 11 is 0. The fraction of sp³-hybridized carbons (Fsp3) is 0.259. The van der Waals surface area contributed by atoms with Gasteiger partial charge in [-0.1, -0.05) is 12.1 Å². The van der Waals surface area contributed by atoms with Crippen molar-refractivity contribution < 1.29 is 27.1 Å². The lowest BCUT2D eigenvalue weighted by Gasteiger charge is -2.41. The minimum Gasteiger partial charge on any atom is -0.382 e. The normalized spacial score (nSPS) is 20.4. The number of morpholine rings is 1. The van der Waals surface area contributed by atoms with Crippen LogP contribution in [0.3, 0.4) is 0 Å². The van der Waals surface area contributed by atoms with Gasteiger partial charge in [0.25, 0.3) is 5.91 Å². The van der Waals surface area contributed by atoms with Crippen molar-refractivity contribution >= 4 is 28.3 Å². The summed E-state index contributed by atoms with van der Waals surface area (Å²) in [6, 6.07) is 5.05. The van der Waals surface area contributed by atoms with Crippen molar-refractivity contribution in [1.82, 2.24) is 29.0 Å². The van der Waals surface area contributed by atoms with Gasteiger partial charge in [-0.25, -0.2) is 23.4 Å². The molecule has 13 heteroatoms. The van der Waals surface area contributed by atoms with Gasteiger partial charge in [-0.3, -0.25) is 9.20 Å². The molecule has 0 saturated carbocycles. The maximum Gasteiger partial charge on any atom is 0.333 e. The molecule has 7 rings (SSSR count). The number of rotatable bonds is 3. The van der Waals surface area contributed by atoms with E-state index in [0.717, 1.165) is 12.3 Å². The summed E-state index contributed by atoms with van der Waals surface area (Å²) in [5, 5.41) is 3.60. The van der Waals surface area contributed by atoms with Gasteiger partial charge in [-0.15, -0.1) is 0 Å². The highest BCUT2D eigenvalue weighted by Crippen LogP contribution is 2.45. The highest BCUT2D eigenvalue weighted by molar-refractivity contribution is 5.99. The molecule has 3 aromatic heterocycles. The van der Waals surface area contributed by atoms with Crippen LogP contribution >= 0.6 is 0 Å². The lowest BCUT2D eigenvalue weighted by Crippen LogP contribution is -2.50. The van der Waals surface area contributed by atoms with E-state index in [9.17, 15) is 13.6 Å². The van der Waals surface area contributed by atoms with Crippen LogP contribution in [0.2, 0.25) is 0 Å². The molecule has 0 spiro atoms. The molecule has 2 aromatic carbocycles. The number of carbonyl (C=O) groups excluding carboxylic acids is 1. The lowest BCUT2D eigenvalue weighted by molar-refractivity contribution is -0.0938. The van der Waals surface area contributed by atoms with E-state index in [4.69, 9.17) is 10.5 Å². The van der Waals surface area contributed by atoms with Crippen LogP contribution < -0.4 is 5.73 Å². The van der Waals surface area contributed by atoms with Gasteiger partial charge in [0.05, 0.1) is 53.6 Å². The molecule has 9 nitrogen and oxygen atoms in total. The van der Waals surface area contributed by atoms with Crippen molar-refractivity contribution in [3.05, 3.63) is 77.5 Å². The maximum atomic E-state index is 15.8. The molecule has 3 atom stereocenters. The molecule has 40 heavy (non-hydrogen) atoms. The number of imidazole rings is 1. The predicted octanol–water partition coefficient (Wildman–Crippen LogP) is 4.53. The third-order valence-corrected chi connectivity index (χ3v) is 7.62. The Kier molecular flexibility index (Phi) is 5.36. The van der Waals surface area contributed by atoms with Gasteiger partial charge in [0.2, 0.25) is 0 Å². The molecule has 1 amide bonds. The van der Waals surface area contributed by atoms with E-state index in [1.165, 1.54) is 35.8 Å². The summed E-state index contributed by atoms with van der Waals surface area (Å²) in [6.45, 7) is -0.905. The number of alkyl halides is 2. The first-order valence-corrected chi connectivity index (χ1v) is 12.5. The van der Waals surface area contributed by atoms with E-state index < -0.39 is 42.3 Å². The van der Waals surface area contributed by atoms with E-state index in [1.54, 1.807) is 17.4 Å². The molecule has 2 N–H and O–H groups in total. The van der Waals surface area contributed by atoms with Gasteiger partial charge < -0.3 is 15.4 Å². The summed E-state index contributed by atoms with van der Waals surface area (Å²) in [5.41, 5.74) is 8.21. The Morgan fingerprint density at radius 2 is 2.00 bits per heavy atom. The molecular weight excluding hydrogens is 530 g/mol. The molecule has 1 aliphatic heterocycles. The highest BCUT2D eigenvalue weighted by atomic mass is 19.3. The maximum absolute atomic E-state index is 15.8. The Balaban J connectivity index is 1.30. The molecule has 1 fully saturated rings. The minimum atomic E-state index is -2.85. The van der Waals surface area contributed by atoms with Gasteiger partial charge in [0, 0.05) is 36.4 Å². The number of nitrogens with zero attached hydrogens (tertiary/aromatic N) is 6. The van der Waals surface area contributed by atoms with Crippen LogP contribution in [0.1, 0.15) is 41.0 Å². The molecule has 204 valence electrons. The number of carbonyl (C=O) groups is 1. The van der Waals surface area contributed by atoms with Gasteiger partial charge in [-0.05, 0) is 24.1 Å². The number of aromatic nitrogens is 5. The molecule has 2 aliphatic rings. The van der Waals surface area contributed by atoms with E-state index in [1.807, 2.05) is 0 Å². The SMILES string of the molecule is C[C@H]1CN(C(=O)c2cc3c(cc2F)nc(N)c2cncn23)[C@H]2c3ccc(-c4cnn(C(F)F)c4)c(F)c3C[C@H]2O1. The number of ether oxygens (including phenoxy) is 1. The van der Waals surface area contributed by atoms with Crippen LogP contribution in [-0.4, -0.2) is 53.7 Å². The van der Waals surface area contributed by atoms with Crippen LogP contribution in [0.5, 0.6) is 0 Å². The molecule has 1 aliphatic carbocycles. The Morgan fingerprint density at radius 3 is 2.77 bits per heavy atom. The monoisotopic (exact) mass is 551 g/mol. The van der Waals surface area contributed by atoms with Gasteiger partial charge in [-0.2, -0.15) is 13.9 Å². The van der Waals surface area contributed by atoms with Crippen molar-refractivity contribution in [2.45, 2.75) is 38.1 Å². The summed E-state index contributed by atoms with van der Waals surface area (Å²) in [6.07, 6.45) is 4.49. The Labute approximate surface area is 223 Å². The van der Waals surface area contributed by atoms with Crippen molar-refractivity contribution in [3.8, 4) is 11.1 Å². The first kappa shape index (κ1) is 24.5. The summed E-state index contributed by atoms with van der Waals surface area (Å²) in [4.78, 5) is 23.8. The van der Waals surface area contributed by atoms with Crippen molar-refractivity contribution in [1.29, 1.82) is 0 Å². The predicted molar refractivity (Wildman–Crippen MR) is 136 cm³/mol. The molecular formula is C27H21F4N7O2. The number of anilines is 1. The fourth-order valence-electron chi connectivity index (χ4n) is 5.89. The van der Waals surface area contributed by atoms with Crippen LogP contribution in [-0.2, 0) is 11.2 Å². The van der Waals surface area contributed by atoms with Gasteiger partial charge in [0.15, 0.2) is 0 Å². The number of benzene rings is 2. The standard InChI is InChI=1S/C27H21F4N7O2/c1-12-9-36(26(39)17-4-20-19(6-18(17)28)35-25(32)21-8-33-11-37(20)21)24-15-3-2-14(13-7-34-38(10-13)27(30)31)23(29)16(15)5-22(24)40-12/h2-4,6-8,10-12,22,24,27H,5,9H2,1H3,(H2,32,35)/t12-,22+,24-/m0/s1. The van der Waals surface area contributed by atoms with Gasteiger partial charge >= 0.3 is 6.55 Å². The highest BCUT2D eigenvalue weighted by Gasteiger charge is 2.46. The van der Waals surface area contributed by atoms with E-state index >= 15 is 8.78 Å². The number of nitrogen functional groups attached to an aromatic ring is 1. The molecule has 0 radical (unpaired) electrons. The number of halogens is 4. The zero-order chi connectivity index (χ0) is 27.9. The van der Waals surface area contributed by atoms with Crippen LogP contribution in [0.4, 0.5) is 23.4 Å². The zero-order valence-corrected chi connectivity index (χ0v) is 20.9. The first-order chi connectivity index (χ1) is 19.2. The number of hydrogen-bond acceptors (Lipinski definition) is 6. The number of amides is 1. The third-order valence-electron chi connectivity index (χ3n) is 7.62. The fourth-order valence-corrected chi connectivity index (χ4v) is 5.89. The summed E-state index contributed by atoms with van der Waals surface area (Å²) in [5.74, 6) is -1.76. The quantitative estimate of drug-likeness (QED) is 0.331. The topological polar surface area (TPSA) is 104 Å². The number of hydrogen-bond donors (Lipinski definition) is 1.